The van der Waals surface area contributed by atoms with Crippen LogP contribution in [0.1, 0.15) is 26.2 Å². The van der Waals surface area contributed by atoms with Gasteiger partial charge in [-0.05, 0) is 12.5 Å². The lowest BCUT2D eigenvalue weighted by atomic mass is 10.2. The van der Waals surface area contributed by atoms with E-state index in [-0.39, 0.29) is 0 Å². The van der Waals surface area contributed by atoms with Gasteiger partial charge in [0.15, 0.2) is 0 Å². The van der Waals surface area contributed by atoms with Crippen LogP contribution >= 0.6 is 0 Å². The van der Waals surface area contributed by atoms with Gasteiger partial charge < -0.3 is 4.74 Å². The number of rotatable bonds is 5. The minimum atomic E-state index is 0.784. The number of aromatic amines is 1. The van der Waals surface area contributed by atoms with Crippen molar-refractivity contribution in [1.82, 2.24) is 10.2 Å². The van der Waals surface area contributed by atoms with Crippen LogP contribution in [0.15, 0.2) is 24.4 Å². The van der Waals surface area contributed by atoms with Crippen molar-refractivity contribution in [1.29, 1.82) is 0 Å². The van der Waals surface area contributed by atoms with Gasteiger partial charge in [-0.3, -0.25) is 5.10 Å². The molecule has 0 aliphatic rings. The van der Waals surface area contributed by atoms with E-state index in [9.17, 15) is 0 Å². The van der Waals surface area contributed by atoms with Crippen molar-refractivity contribution >= 4 is 10.9 Å². The summed E-state index contributed by atoms with van der Waals surface area (Å²) in [5, 5.41) is 8.06. The summed E-state index contributed by atoms with van der Waals surface area (Å²) in [5.74, 6) is 0.904. The van der Waals surface area contributed by atoms with Gasteiger partial charge in [0.2, 0.25) is 0 Å². The quantitative estimate of drug-likeness (QED) is 0.760. The Morgan fingerprint density at radius 3 is 3.13 bits per heavy atom. The van der Waals surface area contributed by atoms with Gasteiger partial charge in [-0.2, -0.15) is 5.10 Å². The van der Waals surface area contributed by atoms with Gasteiger partial charge in [0.25, 0.3) is 0 Å². The maximum atomic E-state index is 5.71. The summed E-state index contributed by atoms with van der Waals surface area (Å²) in [6, 6.07) is 6.00. The lowest BCUT2D eigenvalue weighted by Gasteiger charge is -2.05. The van der Waals surface area contributed by atoms with E-state index < -0.39 is 0 Å². The zero-order valence-electron chi connectivity index (χ0n) is 8.99. The highest BCUT2D eigenvalue weighted by Crippen LogP contribution is 2.22. The summed E-state index contributed by atoms with van der Waals surface area (Å²) < 4.78 is 5.71. The Hall–Kier alpha value is -1.51. The minimum absolute atomic E-state index is 0.784. The van der Waals surface area contributed by atoms with Crippen LogP contribution in [0.3, 0.4) is 0 Å². The summed E-state index contributed by atoms with van der Waals surface area (Å²) in [4.78, 5) is 0. The Kier molecular flexibility index (Phi) is 3.22. The number of nitrogens with one attached hydrogen (secondary N) is 1. The number of hydrogen-bond acceptors (Lipinski definition) is 2. The Labute approximate surface area is 89.4 Å². The first-order valence-electron chi connectivity index (χ1n) is 5.46. The summed E-state index contributed by atoms with van der Waals surface area (Å²) in [6.45, 7) is 2.97. The van der Waals surface area contributed by atoms with E-state index in [1.165, 1.54) is 12.8 Å². The number of benzene rings is 1. The predicted octanol–water partition coefficient (Wildman–Crippen LogP) is 3.13. The van der Waals surface area contributed by atoms with Crippen molar-refractivity contribution in [3.63, 3.8) is 0 Å². The van der Waals surface area contributed by atoms with Gasteiger partial charge >= 0.3 is 0 Å². The molecule has 0 aliphatic carbocycles. The van der Waals surface area contributed by atoms with Crippen molar-refractivity contribution in [2.45, 2.75) is 26.2 Å². The Morgan fingerprint density at radius 2 is 2.27 bits per heavy atom. The number of hydrogen-bond donors (Lipinski definition) is 1. The van der Waals surface area contributed by atoms with Crippen molar-refractivity contribution in [2.24, 2.45) is 0 Å². The summed E-state index contributed by atoms with van der Waals surface area (Å²) >= 11 is 0. The molecule has 0 aliphatic heterocycles. The topological polar surface area (TPSA) is 37.9 Å². The first-order chi connectivity index (χ1) is 7.42. The Morgan fingerprint density at radius 1 is 1.33 bits per heavy atom. The third-order valence-electron chi connectivity index (χ3n) is 2.44. The van der Waals surface area contributed by atoms with Crippen molar-refractivity contribution in [3.8, 4) is 5.75 Å². The smallest absolute Gasteiger partial charge is 0.144 e. The predicted molar refractivity (Wildman–Crippen MR) is 61.1 cm³/mol. The molecule has 2 aromatic rings. The fourth-order valence-electron chi connectivity index (χ4n) is 1.60. The average Bonchev–Trinajstić information content (AvgIpc) is 2.73. The number of aromatic nitrogens is 2. The number of unbranched alkanes of at least 4 members (excludes halogenated alkanes) is 2. The normalized spacial score (nSPS) is 10.7. The van der Waals surface area contributed by atoms with Gasteiger partial charge in [-0.25, -0.2) is 0 Å². The second-order valence-corrected chi connectivity index (χ2v) is 3.65. The van der Waals surface area contributed by atoms with E-state index in [0.29, 0.717) is 0 Å². The van der Waals surface area contributed by atoms with E-state index in [1.807, 2.05) is 24.4 Å². The van der Waals surface area contributed by atoms with Crippen LogP contribution < -0.4 is 4.74 Å². The van der Waals surface area contributed by atoms with Crippen LogP contribution in [0.25, 0.3) is 10.9 Å². The molecule has 0 bridgehead atoms. The molecule has 0 saturated heterocycles. The lowest BCUT2D eigenvalue weighted by molar-refractivity contribution is 0.309. The third-order valence-corrected chi connectivity index (χ3v) is 2.44. The van der Waals surface area contributed by atoms with Gasteiger partial charge in [-0.1, -0.05) is 31.9 Å². The first-order valence-corrected chi connectivity index (χ1v) is 5.46. The summed E-state index contributed by atoms with van der Waals surface area (Å²) in [6.07, 6.45) is 5.37. The minimum Gasteiger partial charge on any atom is -0.491 e. The second-order valence-electron chi connectivity index (χ2n) is 3.65. The van der Waals surface area contributed by atoms with Gasteiger partial charge in [-0.15, -0.1) is 0 Å². The molecule has 1 heterocycles. The molecule has 0 fully saturated rings. The van der Waals surface area contributed by atoms with E-state index in [4.69, 9.17) is 4.74 Å². The number of nitrogens with zero attached hydrogens (tertiary/aromatic N) is 1. The number of H-pyrrole nitrogens is 1. The number of fused-ring (bicyclic) bond motifs is 1. The summed E-state index contributed by atoms with van der Waals surface area (Å²) in [5.41, 5.74) is 0.994. The number of ether oxygens (including phenoxy) is 1. The molecule has 0 spiro atoms. The highest BCUT2D eigenvalue weighted by molar-refractivity contribution is 5.83. The molecule has 0 atom stereocenters. The van der Waals surface area contributed by atoms with Crippen LogP contribution in [0.2, 0.25) is 0 Å². The molecule has 0 amide bonds. The molecule has 0 radical (unpaired) electrons. The zero-order chi connectivity index (χ0) is 10.5. The molecule has 3 nitrogen and oxygen atoms in total. The molecule has 15 heavy (non-hydrogen) atoms. The fourth-order valence-corrected chi connectivity index (χ4v) is 1.60. The van der Waals surface area contributed by atoms with E-state index in [2.05, 4.69) is 17.1 Å². The Bertz CT molecular complexity index is 422. The molecule has 1 N–H and O–H groups in total. The molecule has 3 heteroatoms. The maximum absolute atomic E-state index is 5.71. The van der Waals surface area contributed by atoms with Crippen LogP contribution in [-0.4, -0.2) is 16.8 Å². The highest BCUT2D eigenvalue weighted by atomic mass is 16.5. The molecule has 1 aromatic heterocycles. The Balaban J connectivity index is 2.04. The molecular weight excluding hydrogens is 188 g/mol. The molecule has 0 saturated carbocycles. The molecule has 1 aromatic carbocycles. The van der Waals surface area contributed by atoms with Gasteiger partial charge in [0, 0.05) is 5.39 Å². The van der Waals surface area contributed by atoms with E-state index in [1.54, 1.807) is 0 Å². The first kappa shape index (κ1) is 10.0. The van der Waals surface area contributed by atoms with Gasteiger partial charge in [0.05, 0.1) is 12.8 Å². The molecule has 80 valence electrons. The monoisotopic (exact) mass is 204 g/mol. The van der Waals surface area contributed by atoms with Crippen molar-refractivity contribution in [2.75, 3.05) is 6.61 Å². The standard InChI is InChI=1S/C12H16N2O/c1-2-3-4-8-15-11-7-5-6-10-9-13-14-12(10)11/h5-7,9H,2-4,8H2,1H3,(H,13,14). The second kappa shape index (κ2) is 4.82. The van der Waals surface area contributed by atoms with Crippen molar-refractivity contribution < 1.29 is 4.74 Å². The fraction of sp³-hybridized carbons (Fsp3) is 0.417. The third kappa shape index (κ3) is 2.29. The lowest BCUT2D eigenvalue weighted by Crippen LogP contribution is -1.97. The SMILES string of the molecule is CCCCCOc1cccc2cn[nH]c12. The maximum Gasteiger partial charge on any atom is 0.144 e. The van der Waals surface area contributed by atoms with Gasteiger partial charge in [0.1, 0.15) is 11.3 Å². The molecule has 2 rings (SSSR count). The highest BCUT2D eigenvalue weighted by Gasteiger charge is 2.02. The van der Waals surface area contributed by atoms with E-state index in [0.717, 1.165) is 29.7 Å². The molecule has 0 unspecified atom stereocenters. The average molecular weight is 204 g/mol. The summed E-state index contributed by atoms with van der Waals surface area (Å²) in [7, 11) is 0. The number of para-hydroxylation sites is 1. The largest absolute Gasteiger partial charge is 0.491 e. The van der Waals surface area contributed by atoms with E-state index >= 15 is 0 Å². The molecular formula is C12H16N2O. The van der Waals surface area contributed by atoms with Crippen LogP contribution in [-0.2, 0) is 0 Å². The van der Waals surface area contributed by atoms with Crippen LogP contribution in [0, 0.1) is 0 Å². The zero-order valence-corrected chi connectivity index (χ0v) is 8.99. The van der Waals surface area contributed by atoms with Crippen LogP contribution in [0.4, 0.5) is 0 Å². The van der Waals surface area contributed by atoms with Crippen LogP contribution in [0.5, 0.6) is 5.75 Å². The van der Waals surface area contributed by atoms with Crippen molar-refractivity contribution in [3.05, 3.63) is 24.4 Å².